The molecule has 0 spiro atoms. The molecular formula is C20H25ClN4O. The zero-order valence-corrected chi connectivity index (χ0v) is 16.0. The second kappa shape index (κ2) is 8.60. The van der Waals surface area contributed by atoms with E-state index in [1.165, 1.54) is 6.20 Å². The zero-order chi connectivity index (χ0) is 18.5. The van der Waals surface area contributed by atoms with Crippen molar-refractivity contribution in [3.8, 4) is 0 Å². The summed E-state index contributed by atoms with van der Waals surface area (Å²) in [6.45, 7) is 4.10. The normalized spacial score (nSPS) is 17.0. The van der Waals surface area contributed by atoms with E-state index in [1.54, 1.807) is 6.20 Å². The molecule has 1 fully saturated rings. The van der Waals surface area contributed by atoms with Crippen LogP contribution in [0, 0.1) is 5.92 Å². The van der Waals surface area contributed by atoms with Gasteiger partial charge < -0.3 is 10.2 Å². The number of likely N-dealkylation sites (tertiary alicyclic amines) is 1. The standard InChI is InChI=1S/C20H25ClN4O/c1-14(10-18-12-22-13-19(21)23-18)16-4-3-5-17(11-16)24-20(26)15-6-8-25(2)9-7-15/h3-5,11-15H,6-10H2,1-2H3,(H,24,26)/t14-/m1/s1. The van der Waals surface area contributed by atoms with Gasteiger partial charge in [0.25, 0.3) is 0 Å². The first kappa shape index (κ1) is 18.8. The molecule has 6 heteroatoms. The topological polar surface area (TPSA) is 58.1 Å². The number of carbonyl (C=O) groups excluding carboxylic acids is 1. The van der Waals surface area contributed by atoms with E-state index in [2.05, 4.69) is 46.3 Å². The maximum absolute atomic E-state index is 12.5. The summed E-state index contributed by atoms with van der Waals surface area (Å²) < 4.78 is 0. The fourth-order valence-electron chi connectivity index (χ4n) is 3.35. The third-order valence-electron chi connectivity index (χ3n) is 4.98. The third-order valence-corrected chi connectivity index (χ3v) is 5.17. The Morgan fingerprint density at radius 2 is 2.12 bits per heavy atom. The van der Waals surface area contributed by atoms with E-state index in [0.29, 0.717) is 5.15 Å². The first-order valence-corrected chi connectivity index (χ1v) is 9.45. The fourth-order valence-corrected chi connectivity index (χ4v) is 3.51. The highest BCUT2D eigenvalue weighted by Gasteiger charge is 2.23. The van der Waals surface area contributed by atoms with Crippen LogP contribution in [0.4, 0.5) is 5.69 Å². The molecule has 1 aliphatic heterocycles. The summed E-state index contributed by atoms with van der Waals surface area (Å²) in [4.78, 5) is 23.2. The number of aromatic nitrogens is 2. The summed E-state index contributed by atoms with van der Waals surface area (Å²) in [5.41, 5.74) is 2.88. The Hall–Kier alpha value is -1.98. The Bertz CT molecular complexity index is 759. The lowest BCUT2D eigenvalue weighted by molar-refractivity contribution is -0.121. The minimum atomic E-state index is 0.106. The molecule has 5 nitrogen and oxygen atoms in total. The molecule has 0 aliphatic carbocycles. The molecule has 1 saturated heterocycles. The van der Waals surface area contributed by atoms with Gasteiger partial charge in [0.15, 0.2) is 0 Å². The van der Waals surface area contributed by atoms with E-state index in [0.717, 1.165) is 49.3 Å². The highest BCUT2D eigenvalue weighted by Crippen LogP contribution is 2.24. The van der Waals surface area contributed by atoms with Gasteiger partial charge in [0.05, 0.1) is 11.9 Å². The summed E-state index contributed by atoms with van der Waals surface area (Å²) in [5.74, 6) is 0.487. The van der Waals surface area contributed by atoms with Crippen LogP contribution < -0.4 is 5.32 Å². The van der Waals surface area contributed by atoms with E-state index in [9.17, 15) is 4.79 Å². The number of amides is 1. The Morgan fingerprint density at radius 1 is 1.35 bits per heavy atom. The van der Waals surface area contributed by atoms with Crippen LogP contribution in [0.3, 0.4) is 0 Å². The van der Waals surface area contributed by atoms with E-state index >= 15 is 0 Å². The monoisotopic (exact) mass is 372 g/mol. The van der Waals surface area contributed by atoms with Crippen LogP contribution in [-0.2, 0) is 11.2 Å². The Morgan fingerprint density at radius 3 is 2.85 bits per heavy atom. The van der Waals surface area contributed by atoms with Crippen LogP contribution in [-0.4, -0.2) is 40.9 Å². The van der Waals surface area contributed by atoms with Crippen molar-refractivity contribution in [3.63, 3.8) is 0 Å². The van der Waals surface area contributed by atoms with Gasteiger partial charge in [-0.2, -0.15) is 0 Å². The molecule has 1 atom stereocenters. The Balaban J connectivity index is 1.63. The van der Waals surface area contributed by atoms with Crippen LogP contribution in [0.15, 0.2) is 36.7 Å². The van der Waals surface area contributed by atoms with Crippen molar-refractivity contribution in [2.45, 2.75) is 32.1 Å². The maximum Gasteiger partial charge on any atom is 0.227 e. The van der Waals surface area contributed by atoms with Gasteiger partial charge in [-0.25, -0.2) is 4.98 Å². The van der Waals surface area contributed by atoms with Gasteiger partial charge in [-0.05, 0) is 63.0 Å². The van der Waals surface area contributed by atoms with E-state index in [4.69, 9.17) is 11.6 Å². The fraction of sp³-hybridized carbons (Fsp3) is 0.450. The van der Waals surface area contributed by atoms with Crippen molar-refractivity contribution in [1.29, 1.82) is 0 Å². The van der Waals surface area contributed by atoms with Gasteiger partial charge in [-0.3, -0.25) is 9.78 Å². The second-order valence-corrected chi connectivity index (χ2v) is 7.52. The Kier molecular flexibility index (Phi) is 6.22. The predicted molar refractivity (Wildman–Crippen MR) is 104 cm³/mol. The molecule has 0 saturated carbocycles. The van der Waals surface area contributed by atoms with Gasteiger partial charge >= 0.3 is 0 Å². The van der Waals surface area contributed by atoms with Crippen molar-refractivity contribution in [3.05, 3.63) is 53.1 Å². The molecule has 1 amide bonds. The largest absolute Gasteiger partial charge is 0.326 e. The maximum atomic E-state index is 12.5. The molecule has 1 aromatic carbocycles. The highest BCUT2D eigenvalue weighted by atomic mass is 35.5. The number of hydrogen-bond donors (Lipinski definition) is 1. The second-order valence-electron chi connectivity index (χ2n) is 7.13. The lowest BCUT2D eigenvalue weighted by Crippen LogP contribution is -2.35. The van der Waals surface area contributed by atoms with Crippen LogP contribution in [0.1, 0.15) is 36.9 Å². The smallest absolute Gasteiger partial charge is 0.227 e. The summed E-state index contributed by atoms with van der Waals surface area (Å²) in [7, 11) is 2.10. The molecule has 1 aromatic heterocycles. The molecular weight excluding hydrogens is 348 g/mol. The highest BCUT2D eigenvalue weighted by molar-refractivity contribution is 6.29. The van der Waals surface area contributed by atoms with Gasteiger partial charge in [-0.15, -0.1) is 0 Å². The molecule has 0 unspecified atom stereocenters. The molecule has 2 heterocycles. The number of rotatable bonds is 5. The molecule has 138 valence electrons. The molecule has 3 rings (SSSR count). The van der Waals surface area contributed by atoms with E-state index in [1.807, 2.05) is 12.1 Å². The number of halogens is 1. The van der Waals surface area contributed by atoms with E-state index in [-0.39, 0.29) is 17.7 Å². The molecule has 26 heavy (non-hydrogen) atoms. The average molecular weight is 373 g/mol. The van der Waals surface area contributed by atoms with Crippen molar-refractivity contribution in [2.75, 3.05) is 25.5 Å². The molecule has 2 aromatic rings. The van der Waals surface area contributed by atoms with Crippen LogP contribution in [0.5, 0.6) is 0 Å². The number of anilines is 1. The van der Waals surface area contributed by atoms with Crippen molar-refractivity contribution in [2.24, 2.45) is 5.92 Å². The predicted octanol–water partition coefficient (Wildman–Crippen LogP) is 3.76. The minimum Gasteiger partial charge on any atom is -0.326 e. The first-order chi connectivity index (χ1) is 12.5. The summed E-state index contributed by atoms with van der Waals surface area (Å²) in [6.07, 6.45) is 5.88. The first-order valence-electron chi connectivity index (χ1n) is 9.07. The number of hydrogen-bond acceptors (Lipinski definition) is 4. The van der Waals surface area contributed by atoms with Gasteiger partial charge in [0.2, 0.25) is 5.91 Å². The molecule has 1 aliphatic rings. The van der Waals surface area contributed by atoms with Gasteiger partial charge in [-0.1, -0.05) is 30.7 Å². The van der Waals surface area contributed by atoms with E-state index < -0.39 is 0 Å². The van der Waals surface area contributed by atoms with Gasteiger partial charge in [0.1, 0.15) is 5.15 Å². The van der Waals surface area contributed by atoms with Crippen molar-refractivity contribution < 1.29 is 4.79 Å². The average Bonchev–Trinajstić information content (AvgIpc) is 2.62. The zero-order valence-electron chi connectivity index (χ0n) is 15.3. The SMILES string of the molecule is C[C@H](Cc1cncc(Cl)n1)c1cccc(NC(=O)C2CCN(C)CC2)c1. The molecule has 0 radical (unpaired) electrons. The van der Waals surface area contributed by atoms with Crippen LogP contribution in [0.25, 0.3) is 0 Å². The summed E-state index contributed by atoms with van der Waals surface area (Å²) in [5, 5.41) is 3.50. The third kappa shape index (κ3) is 5.02. The number of nitrogens with one attached hydrogen (secondary N) is 1. The number of carbonyl (C=O) groups is 1. The minimum absolute atomic E-state index is 0.106. The summed E-state index contributed by atoms with van der Waals surface area (Å²) in [6, 6.07) is 8.06. The van der Waals surface area contributed by atoms with Crippen LogP contribution >= 0.6 is 11.6 Å². The molecule has 1 N–H and O–H groups in total. The molecule has 0 bridgehead atoms. The van der Waals surface area contributed by atoms with Crippen molar-refractivity contribution in [1.82, 2.24) is 14.9 Å². The van der Waals surface area contributed by atoms with Crippen molar-refractivity contribution >= 4 is 23.2 Å². The Labute approximate surface area is 159 Å². The number of nitrogens with zero attached hydrogens (tertiary/aromatic N) is 3. The van der Waals surface area contributed by atoms with Gasteiger partial charge in [0, 0.05) is 17.8 Å². The lowest BCUT2D eigenvalue weighted by Gasteiger charge is -2.28. The van der Waals surface area contributed by atoms with Crippen LogP contribution in [0.2, 0.25) is 5.15 Å². The number of piperidine rings is 1. The number of benzene rings is 1. The quantitative estimate of drug-likeness (QED) is 0.868. The lowest BCUT2D eigenvalue weighted by atomic mass is 9.95. The summed E-state index contributed by atoms with van der Waals surface area (Å²) >= 11 is 5.92.